The zero-order valence-electron chi connectivity index (χ0n) is 10.9. The summed E-state index contributed by atoms with van der Waals surface area (Å²) in [5, 5.41) is 40.5. The predicted octanol–water partition coefficient (Wildman–Crippen LogP) is 1.21. The molecule has 1 aromatic heterocycles. The molecule has 8 nitrogen and oxygen atoms in total. The summed E-state index contributed by atoms with van der Waals surface area (Å²) in [5.74, 6) is 0.609. The molecule has 0 aliphatic rings. The van der Waals surface area contributed by atoms with Crippen molar-refractivity contribution in [2.75, 3.05) is 5.32 Å². The van der Waals surface area contributed by atoms with E-state index in [9.17, 15) is 0 Å². The van der Waals surface area contributed by atoms with Crippen molar-refractivity contribution in [3.8, 4) is 23.9 Å². The van der Waals surface area contributed by atoms with Crippen LogP contribution in [0.3, 0.4) is 0 Å². The van der Waals surface area contributed by atoms with Crippen LogP contribution in [-0.2, 0) is 0 Å². The second-order valence-corrected chi connectivity index (χ2v) is 3.90. The number of nitriles is 3. The van der Waals surface area contributed by atoms with E-state index in [4.69, 9.17) is 15.8 Å². The van der Waals surface area contributed by atoms with Gasteiger partial charge in [-0.25, -0.2) is 0 Å². The van der Waals surface area contributed by atoms with Crippen molar-refractivity contribution in [1.29, 1.82) is 15.8 Å². The summed E-state index contributed by atoms with van der Waals surface area (Å²) in [6.07, 6.45) is 0. The molecule has 100 valence electrons. The van der Waals surface area contributed by atoms with Gasteiger partial charge in [0.2, 0.25) is 0 Å². The van der Waals surface area contributed by atoms with Crippen LogP contribution in [0, 0.1) is 40.9 Å². The average Bonchev–Trinajstić information content (AvgIpc) is 2.94. The van der Waals surface area contributed by atoms with Gasteiger partial charge >= 0.3 is 0 Å². The summed E-state index contributed by atoms with van der Waals surface area (Å²) in [7, 11) is 0. The van der Waals surface area contributed by atoms with Crippen molar-refractivity contribution in [1.82, 2.24) is 20.2 Å². The van der Waals surface area contributed by atoms with Crippen LogP contribution in [0.2, 0.25) is 0 Å². The zero-order valence-corrected chi connectivity index (χ0v) is 10.9. The van der Waals surface area contributed by atoms with Crippen LogP contribution in [0.25, 0.3) is 5.69 Å². The third-order valence-electron chi connectivity index (χ3n) is 2.57. The SMILES string of the molecule is Cc1nnnn1-c1cccc(NC(C#N)=C(C#N)C#N)c1. The number of nitrogens with zero attached hydrogens (tertiary/aromatic N) is 7. The second kappa shape index (κ2) is 5.96. The molecule has 0 unspecified atom stereocenters. The molecule has 0 atom stereocenters. The quantitative estimate of drug-likeness (QED) is 0.834. The fraction of sp³-hybridized carbons (Fsp3) is 0.0769. The highest BCUT2D eigenvalue weighted by Gasteiger charge is 2.08. The van der Waals surface area contributed by atoms with Crippen LogP contribution in [0.15, 0.2) is 35.5 Å². The molecule has 0 saturated carbocycles. The number of hydrogen-bond donors (Lipinski definition) is 1. The Hall–Kier alpha value is -3.70. The Morgan fingerprint density at radius 2 is 1.95 bits per heavy atom. The molecule has 0 saturated heterocycles. The van der Waals surface area contributed by atoms with Crippen LogP contribution in [0.4, 0.5) is 5.69 Å². The lowest BCUT2D eigenvalue weighted by molar-refractivity contribution is 0.779. The molecule has 21 heavy (non-hydrogen) atoms. The van der Waals surface area contributed by atoms with Gasteiger partial charge in [-0.15, -0.1) is 5.10 Å². The average molecular weight is 276 g/mol. The van der Waals surface area contributed by atoms with Crippen molar-refractivity contribution in [3.05, 3.63) is 41.4 Å². The smallest absolute Gasteiger partial charge is 0.163 e. The lowest BCUT2D eigenvalue weighted by Crippen LogP contribution is -2.03. The highest BCUT2D eigenvalue weighted by molar-refractivity contribution is 5.60. The molecule has 0 aliphatic carbocycles. The number of allylic oxidation sites excluding steroid dienone is 2. The maximum absolute atomic E-state index is 9.01. The number of hydrogen-bond acceptors (Lipinski definition) is 7. The lowest BCUT2D eigenvalue weighted by Gasteiger charge is -2.07. The summed E-state index contributed by atoms with van der Waals surface area (Å²) < 4.78 is 1.52. The summed E-state index contributed by atoms with van der Waals surface area (Å²) >= 11 is 0. The van der Waals surface area contributed by atoms with Crippen molar-refractivity contribution in [2.45, 2.75) is 6.92 Å². The minimum atomic E-state index is -0.276. The van der Waals surface area contributed by atoms with Gasteiger partial charge in [0.05, 0.1) is 5.69 Å². The molecule has 1 N–H and O–H groups in total. The summed E-state index contributed by atoms with van der Waals surface area (Å²) in [6, 6.07) is 12.1. The van der Waals surface area contributed by atoms with Gasteiger partial charge in [0.1, 0.15) is 23.9 Å². The summed E-state index contributed by atoms with van der Waals surface area (Å²) in [4.78, 5) is 0. The van der Waals surface area contributed by atoms with Gasteiger partial charge < -0.3 is 5.32 Å². The topological polar surface area (TPSA) is 127 Å². The number of nitrogens with one attached hydrogen (secondary N) is 1. The van der Waals surface area contributed by atoms with E-state index in [1.807, 2.05) is 0 Å². The van der Waals surface area contributed by atoms with Crippen molar-refractivity contribution < 1.29 is 0 Å². The maximum Gasteiger partial charge on any atom is 0.163 e. The molecular weight excluding hydrogens is 268 g/mol. The Morgan fingerprint density at radius 1 is 1.19 bits per heavy atom. The number of rotatable bonds is 3. The van der Waals surface area contributed by atoms with Gasteiger partial charge in [-0.05, 0) is 35.5 Å². The number of aromatic nitrogens is 4. The van der Waals surface area contributed by atoms with E-state index >= 15 is 0 Å². The van der Waals surface area contributed by atoms with Gasteiger partial charge in [0.15, 0.2) is 11.4 Å². The van der Waals surface area contributed by atoms with Crippen LogP contribution in [0.1, 0.15) is 5.82 Å². The van der Waals surface area contributed by atoms with E-state index in [0.29, 0.717) is 17.2 Å². The molecule has 1 aromatic carbocycles. The molecule has 2 aromatic rings. The highest BCUT2D eigenvalue weighted by atomic mass is 15.5. The van der Waals surface area contributed by atoms with E-state index in [1.54, 1.807) is 49.4 Å². The zero-order chi connectivity index (χ0) is 15.2. The first-order chi connectivity index (χ1) is 10.2. The second-order valence-electron chi connectivity index (χ2n) is 3.90. The summed E-state index contributed by atoms with van der Waals surface area (Å²) in [6.45, 7) is 1.75. The third-order valence-corrected chi connectivity index (χ3v) is 2.57. The monoisotopic (exact) mass is 276 g/mol. The van der Waals surface area contributed by atoms with Crippen LogP contribution < -0.4 is 5.32 Å². The Morgan fingerprint density at radius 3 is 2.52 bits per heavy atom. The van der Waals surface area contributed by atoms with Gasteiger partial charge in [-0.2, -0.15) is 20.5 Å². The number of aryl methyl sites for hydroxylation is 1. The first-order valence-electron chi connectivity index (χ1n) is 5.76. The van der Waals surface area contributed by atoms with E-state index in [2.05, 4.69) is 20.8 Å². The lowest BCUT2D eigenvalue weighted by atomic mass is 10.2. The minimum Gasteiger partial charge on any atom is -0.345 e. The van der Waals surface area contributed by atoms with Crippen LogP contribution in [0.5, 0.6) is 0 Å². The molecule has 8 heteroatoms. The Balaban J connectivity index is 2.39. The Labute approximate surface area is 120 Å². The van der Waals surface area contributed by atoms with Gasteiger partial charge in [0, 0.05) is 5.69 Å². The minimum absolute atomic E-state index is 0.106. The fourth-order valence-electron chi connectivity index (χ4n) is 1.61. The number of anilines is 1. The molecule has 0 radical (unpaired) electrons. The van der Waals surface area contributed by atoms with Gasteiger partial charge in [0.25, 0.3) is 0 Å². The molecule has 2 rings (SSSR count). The normalized spacial score (nSPS) is 9.05. The Bertz CT molecular complexity index is 809. The van der Waals surface area contributed by atoms with Crippen molar-refractivity contribution >= 4 is 5.69 Å². The summed E-state index contributed by atoms with van der Waals surface area (Å²) in [5.41, 5.74) is 0.851. The molecular formula is C13H8N8. The first-order valence-corrected chi connectivity index (χ1v) is 5.76. The number of tetrazole rings is 1. The molecule has 0 fully saturated rings. The molecule has 0 aliphatic heterocycles. The largest absolute Gasteiger partial charge is 0.345 e. The van der Waals surface area contributed by atoms with E-state index in [1.165, 1.54) is 4.68 Å². The fourth-order valence-corrected chi connectivity index (χ4v) is 1.61. The standard InChI is InChI=1S/C13H8N8/c1-9-18-19-20-21(9)12-4-2-3-11(5-12)17-13(8-16)10(6-14)7-15/h2-5,17H,1H3. The maximum atomic E-state index is 9.01. The first kappa shape index (κ1) is 13.7. The van der Waals surface area contributed by atoms with Crippen LogP contribution in [-0.4, -0.2) is 20.2 Å². The highest BCUT2D eigenvalue weighted by Crippen LogP contribution is 2.17. The molecule has 0 bridgehead atoms. The van der Waals surface area contributed by atoms with Crippen LogP contribution >= 0.6 is 0 Å². The third kappa shape index (κ3) is 2.83. The Kier molecular flexibility index (Phi) is 3.90. The molecule has 0 amide bonds. The predicted molar refractivity (Wildman–Crippen MR) is 71.4 cm³/mol. The van der Waals surface area contributed by atoms with E-state index in [0.717, 1.165) is 0 Å². The molecule has 1 heterocycles. The molecule has 0 spiro atoms. The van der Waals surface area contributed by atoms with E-state index in [-0.39, 0.29) is 11.3 Å². The van der Waals surface area contributed by atoms with E-state index < -0.39 is 0 Å². The van der Waals surface area contributed by atoms with Crippen molar-refractivity contribution in [3.63, 3.8) is 0 Å². The van der Waals surface area contributed by atoms with Crippen molar-refractivity contribution in [2.24, 2.45) is 0 Å². The van der Waals surface area contributed by atoms with Gasteiger partial charge in [-0.3, -0.25) is 0 Å². The number of benzene rings is 1. The van der Waals surface area contributed by atoms with Gasteiger partial charge in [-0.1, -0.05) is 6.07 Å².